The van der Waals surface area contributed by atoms with Gasteiger partial charge in [-0.15, -0.1) is 11.3 Å². The van der Waals surface area contributed by atoms with E-state index in [9.17, 15) is 9.18 Å². The molecule has 0 atom stereocenters. The zero-order valence-corrected chi connectivity index (χ0v) is 14.9. The van der Waals surface area contributed by atoms with Crippen LogP contribution in [0.2, 0.25) is 0 Å². The maximum absolute atomic E-state index is 13.0. The predicted molar refractivity (Wildman–Crippen MR) is 94.4 cm³/mol. The lowest BCUT2D eigenvalue weighted by molar-refractivity contribution is -0.115. The molecule has 1 aliphatic rings. The fourth-order valence-electron chi connectivity index (χ4n) is 2.90. The van der Waals surface area contributed by atoms with E-state index in [0.29, 0.717) is 29.9 Å². The van der Waals surface area contributed by atoms with Gasteiger partial charge >= 0.3 is 0 Å². The average Bonchev–Trinajstić information content (AvgIpc) is 3.19. The summed E-state index contributed by atoms with van der Waals surface area (Å²) >= 11 is 1.46. The molecule has 1 aliphatic heterocycles. The molecule has 0 saturated carbocycles. The molecule has 0 unspecified atom stereocenters. The predicted octanol–water partition coefficient (Wildman–Crippen LogP) is 3.50. The summed E-state index contributed by atoms with van der Waals surface area (Å²) in [5.41, 5.74) is 2.60. The topological polar surface area (TPSA) is 77.2 Å². The summed E-state index contributed by atoms with van der Waals surface area (Å²) in [7, 11) is 0. The summed E-state index contributed by atoms with van der Waals surface area (Å²) < 4.78 is 23.9. The standard InChI is InChI=1S/C18H16FN3O3S/c1-10-20-17(25-22-10)16-13-6-7-24-9-14(13)26-18(16)21-15(23)8-11-2-4-12(19)5-3-11/h2-5H,6-9H2,1H3,(H,21,23). The van der Waals surface area contributed by atoms with Gasteiger partial charge in [0.2, 0.25) is 5.91 Å². The first-order valence-corrected chi connectivity index (χ1v) is 8.99. The number of hydrogen-bond acceptors (Lipinski definition) is 6. The number of hydrogen-bond donors (Lipinski definition) is 1. The van der Waals surface area contributed by atoms with E-state index in [1.807, 2.05) is 0 Å². The summed E-state index contributed by atoms with van der Waals surface area (Å²) in [6.07, 6.45) is 0.887. The smallest absolute Gasteiger partial charge is 0.261 e. The van der Waals surface area contributed by atoms with E-state index < -0.39 is 0 Å². The molecule has 6 nitrogen and oxygen atoms in total. The lowest BCUT2D eigenvalue weighted by atomic mass is 10.1. The van der Waals surface area contributed by atoms with E-state index >= 15 is 0 Å². The second-order valence-electron chi connectivity index (χ2n) is 6.01. The van der Waals surface area contributed by atoms with Crippen LogP contribution < -0.4 is 5.32 Å². The Morgan fingerprint density at radius 2 is 2.15 bits per heavy atom. The highest BCUT2D eigenvalue weighted by molar-refractivity contribution is 7.17. The highest BCUT2D eigenvalue weighted by Crippen LogP contribution is 2.42. The van der Waals surface area contributed by atoms with Gasteiger partial charge < -0.3 is 14.6 Å². The second-order valence-corrected chi connectivity index (χ2v) is 7.11. The highest BCUT2D eigenvalue weighted by atomic mass is 32.1. The largest absolute Gasteiger partial charge is 0.376 e. The molecule has 1 aromatic carbocycles. The van der Waals surface area contributed by atoms with Crippen molar-refractivity contribution in [1.82, 2.24) is 10.1 Å². The van der Waals surface area contributed by atoms with E-state index in [2.05, 4.69) is 15.5 Å². The Labute approximate surface area is 153 Å². The Morgan fingerprint density at radius 3 is 2.88 bits per heavy atom. The Balaban J connectivity index is 1.62. The van der Waals surface area contributed by atoms with Crippen LogP contribution in [0.1, 0.15) is 21.8 Å². The first-order valence-electron chi connectivity index (χ1n) is 8.17. The van der Waals surface area contributed by atoms with Crippen LogP contribution in [0.3, 0.4) is 0 Å². The van der Waals surface area contributed by atoms with Gasteiger partial charge in [-0.05, 0) is 36.6 Å². The van der Waals surface area contributed by atoms with Crippen LogP contribution in [0, 0.1) is 12.7 Å². The van der Waals surface area contributed by atoms with Crippen molar-refractivity contribution in [3.8, 4) is 11.5 Å². The van der Waals surface area contributed by atoms with Crippen LogP contribution in [0.15, 0.2) is 28.8 Å². The molecule has 1 N–H and O–H groups in total. The van der Waals surface area contributed by atoms with Gasteiger partial charge in [-0.25, -0.2) is 4.39 Å². The molecule has 0 fully saturated rings. The molecule has 0 aliphatic carbocycles. The number of carbonyl (C=O) groups is 1. The van der Waals surface area contributed by atoms with Crippen molar-refractivity contribution >= 4 is 22.2 Å². The van der Waals surface area contributed by atoms with Gasteiger partial charge in [-0.1, -0.05) is 17.3 Å². The van der Waals surface area contributed by atoms with Gasteiger partial charge in [-0.2, -0.15) is 4.98 Å². The van der Waals surface area contributed by atoms with Crippen molar-refractivity contribution in [2.75, 3.05) is 11.9 Å². The summed E-state index contributed by atoms with van der Waals surface area (Å²) in [4.78, 5) is 17.8. The fraction of sp³-hybridized carbons (Fsp3) is 0.278. The molecule has 3 aromatic rings. The van der Waals surface area contributed by atoms with E-state index in [-0.39, 0.29) is 18.1 Å². The van der Waals surface area contributed by atoms with Crippen LogP contribution in [0.4, 0.5) is 9.39 Å². The molecule has 3 heterocycles. The van der Waals surface area contributed by atoms with Crippen LogP contribution >= 0.6 is 11.3 Å². The zero-order chi connectivity index (χ0) is 18.1. The minimum absolute atomic E-state index is 0.154. The van der Waals surface area contributed by atoms with E-state index in [1.54, 1.807) is 19.1 Å². The fourth-order valence-corrected chi connectivity index (χ4v) is 4.10. The lowest BCUT2D eigenvalue weighted by Crippen LogP contribution is -2.14. The number of amides is 1. The number of aromatic nitrogens is 2. The molecule has 134 valence electrons. The van der Waals surface area contributed by atoms with Crippen LogP contribution in [-0.4, -0.2) is 22.7 Å². The van der Waals surface area contributed by atoms with Crippen molar-refractivity contribution in [3.05, 3.63) is 51.9 Å². The third-order valence-corrected chi connectivity index (χ3v) is 5.21. The number of halogens is 1. The van der Waals surface area contributed by atoms with Gasteiger partial charge in [0.15, 0.2) is 5.82 Å². The van der Waals surface area contributed by atoms with Crippen molar-refractivity contribution in [3.63, 3.8) is 0 Å². The Kier molecular flexibility index (Phi) is 4.52. The number of fused-ring (bicyclic) bond motifs is 1. The Hall–Kier alpha value is -2.58. The number of thiophene rings is 1. The van der Waals surface area contributed by atoms with Crippen molar-refractivity contribution in [1.29, 1.82) is 0 Å². The molecular formula is C18H16FN3O3S. The molecule has 26 heavy (non-hydrogen) atoms. The quantitative estimate of drug-likeness (QED) is 0.757. The van der Waals surface area contributed by atoms with Gasteiger partial charge in [-0.3, -0.25) is 4.79 Å². The first-order chi connectivity index (χ1) is 12.6. The summed E-state index contributed by atoms with van der Waals surface area (Å²) in [5.74, 6) is 0.428. The highest BCUT2D eigenvalue weighted by Gasteiger charge is 2.26. The van der Waals surface area contributed by atoms with Crippen LogP contribution in [0.25, 0.3) is 11.5 Å². The number of benzene rings is 1. The van der Waals surface area contributed by atoms with Gasteiger partial charge in [0.25, 0.3) is 5.89 Å². The molecule has 2 aromatic heterocycles. The van der Waals surface area contributed by atoms with Crippen LogP contribution in [0.5, 0.6) is 0 Å². The van der Waals surface area contributed by atoms with E-state index in [4.69, 9.17) is 9.26 Å². The van der Waals surface area contributed by atoms with Gasteiger partial charge in [0.1, 0.15) is 10.8 Å². The molecule has 0 radical (unpaired) electrons. The summed E-state index contributed by atoms with van der Waals surface area (Å²) in [5, 5.41) is 7.47. The maximum Gasteiger partial charge on any atom is 0.261 e. The van der Waals surface area contributed by atoms with E-state index in [0.717, 1.165) is 28.0 Å². The average molecular weight is 373 g/mol. The minimum atomic E-state index is -0.325. The number of nitrogens with zero attached hydrogens (tertiary/aromatic N) is 2. The molecule has 0 spiro atoms. The number of aryl methyl sites for hydroxylation is 1. The van der Waals surface area contributed by atoms with E-state index in [1.165, 1.54) is 23.5 Å². The second kappa shape index (κ2) is 6.97. The van der Waals surface area contributed by atoms with Gasteiger partial charge in [0, 0.05) is 4.88 Å². The molecule has 0 saturated heterocycles. The van der Waals surface area contributed by atoms with Crippen molar-refractivity contribution < 1.29 is 18.4 Å². The third kappa shape index (κ3) is 3.38. The Bertz CT molecular complexity index is 949. The van der Waals surface area contributed by atoms with Crippen LogP contribution in [-0.2, 0) is 29.0 Å². The number of nitrogens with one attached hydrogen (secondary N) is 1. The zero-order valence-electron chi connectivity index (χ0n) is 14.0. The van der Waals surface area contributed by atoms with Crippen molar-refractivity contribution in [2.24, 2.45) is 0 Å². The molecule has 1 amide bonds. The maximum atomic E-state index is 13.0. The number of anilines is 1. The lowest BCUT2D eigenvalue weighted by Gasteiger charge is -2.12. The monoisotopic (exact) mass is 373 g/mol. The normalized spacial score (nSPS) is 13.5. The molecule has 0 bridgehead atoms. The third-order valence-electron chi connectivity index (χ3n) is 4.09. The summed E-state index contributed by atoms with van der Waals surface area (Å²) in [6.45, 7) is 2.88. The molecule has 8 heteroatoms. The summed E-state index contributed by atoms with van der Waals surface area (Å²) in [6, 6.07) is 5.89. The number of carbonyl (C=O) groups excluding carboxylic acids is 1. The number of ether oxygens (including phenoxy) is 1. The number of rotatable bonds is 4. The van der Waals surface area contributed by atoms with Gasteiger partial charge in [0.05, 0.1) is 25.2 Å². The first kappa shape index (κ1) is 16.9. The SMILES string of the molecule is Cc1noc(-c2c(NC(=O)Cc3ccc(F)cc3)sc3c2CCOC3)n1. The molecule has 4 rings (SSSR count). The van der Waals surface area contributed by atoms with Crippen molar-refractivity contribution in [2.45, 2.75) is 26.4 Å². The minimum Gasteiger partial charge on any atom is -0.376 e. The Morgan fingerprint density at radius 1 is 1.35 bits per heavy atom. The molecular weight excluding hydrogens is 357 g/mol.